The maximum Gasteiger partial charge on any atom is 0.309 e. The van der Waals surface area contributed by atoms with Crippen molar-refractivity contribution in [2.45, 2.75) is 65.2 Å². The predicted octanol–water partition coefficient (Wildman–Crippen LogP) is 4.37. The quantitative estimate of drug-likeness (QED) is 0.251. The van der Waals surface area contributed by atoms with Gasteiger partial charge >= 0.3 is 5.97 Å². The normalized spacial score (nSPS) is 23.7. The average Bonchev–Trinajstić information content (AvgIpc) is 3.20. The van der Waals surface area contributed by atoms with Crippen LogP contribution in [0.1, 0.15) is 65.2 Å². The van der Waals surface area contributed by atoms with E-state index in [0.29, 0.717) is 18.3 Å². The monoisotopic (exact) mass is 361 g/mol. The predicted molar refractivity (Wildman–Crippen MR) is 102 cm³/mol. The number of nitrogens with zero attached hydrogens (tertiary/aromatic N) is 1. The van der Waals surface area contributed by atoms with Crippen LogP contribution in [0, 0.1) is 11.8 Å². The molecule has 0 saturated heterocycles. The third kappa shape index (κ3) is 5.82. The van der Waals surface area contributed by atoms with E-state index in [2.05, 4.69) is 29.0 Å². The molecule has 0 aromatic carbocycles. The molecule has 0 bridgehead atoms. The number of oxime groups is 1. The van der Waals surface area contributed by atoms with Gasteiger partial charge < -0.3 is 9.57 Å². The molecule has 0 spiro atoms. The van der Waals surface area contributed by atoms with Gasteiger partial charge in [-0.2, -0.15) is 0 Å². The lowest BCUT2D eigenvalue weighted by Gasteiger charge is -2.11. The highest BCUT2D eigenvalue weighted by atomic mass is 16.6. The Bertz CT molecular complexity index is 603. The van der Waals surface area contributed by atoms with Gasteiger partial charge in [0, 0.05) is 6.42 Å². The topological polar surface area (TPSA) is 65.0 Å². The summed E-state index contributed by atoms with van der Waals surface area (Å²) in [6, 6.07) is 0. The maximum atomic E-state index is 12.2. The van der Waals surface area contributed by atoms with Crippen molar-refractivity contribution in [2.75, 3.05) is 13.7 Å². The lowest BCUT2D eigenvalue weighted by molar-refractivity contribution is -0.141. The van der Waals surface area contributed by atoms with Gasteiger partial charge in [0.1, 0.15) is 6.61 Å². The largest absolute Gasteiger partial charge is 0.469 e. The molecule has 2 aliphatic carbocycles. The third-order valence-electron chi connectivity index (χ3n) is 5.26. The molecule has 0 unspecified atom stereocenters. The van der Waals surface area contributed by atoms with Crippen LogP contribution < -0.4 is 0 Å². The molecule has 2 aliphatic rings. The molecular formula is C21H31NO4. The summed E-state index contributed by atoms with van der Waals surface area (Å²) in [6.45, 7) is 4.33. The number of hydrogen-bond donors (Lipinski definition) is 0. The molecule has 5 heteroatoms. The average molecular weight is 361 g/mol. The number of Topliss-reactive ketones (excluding diaryl/α,β-unsaturated/α-hetero) is 1. The van der Waals surface area contributed by atoms with Gasteiger partial charge in [-0.1, -0.05) is 37.1 Å². The van der Waals surface area contributed by atoms with Gasteiger partial charge in [-0.25, -0.2) is 0 Å². The number of ether oxygens (including phenoxy) is 1. The van der Waals surface area contributed by atoms with Crippen molar-refractivity contribution >= 4 is 17.5 Å². The summed E-state index contributed by atoms with van der Waals surface area (Å²) in [4.78, 5) is 28.6. The number of carbonyl (C=O) groups is 2. The highest BCUT2D eigenvalue weighted by Gasteiger charge is 2.36. The van der Waals surface area contributed by atoms with Crippen LogP contribution in [0.2, 0.25) is 0 Å². The molecule has 1 saturated carbocycles. The van der Waals surface area contributed by atoms with Gasteiger partial charge in [0.05, 0.1) is 19.2 Å². The van der Waals surface area contributed by atoms with E-state index >= 15 is 0 Å². The Labute approximate surface area is 156 Å². The van der Waals surface area contributed by atoms with Gasteiger partial charge in [-0.05, 0) is 55.6 Å². The Kier molecular flexibility index (Phi) is 8.07. The SMILES string of the molecule is CCCCCC(=O)/C(C)=C\C1=CC[C@@H]2C/C(=N/OCCC(=O)OC)C[C@@H]12. The van der Waals surface area contributed by atoms with Crippen molar-refractivity contribution in [1.82, 2.24) is 0 Å². The molecular weight excluding hydrogens is 330 g/mol. The molecule has 26 heavy (non-hydrogen) atoms. The molecule has 144 valence electrons. The number of methoxy groups -OCH3 is 1. The molecule has 5 nitrogen and oxygen atoms in total. The Morgan fingerprint density at radius 3 is 2.81 bits per heavy atom. The van der Waals surface area contributed by atoms with Crippen LogP contribution in [0.15, 0.2) is 28.5 Å². The zero-order chi connectivity index (χ0) is 18.9. The smallest absolute Gasteiger partial charge is 0.309 e. The minimum Gasteiger partial charge on any atom is -0.469 e. The van der Waals surface area contributed by atoms with Crippen molar-refractivity contribution in [3.8, 4) is 0 Å². The Morgan fingerprint density at radius 1 is 1.27 bits per heavy atom. The highest BCUT2D eigenvalue weighted by molar-refractivity contribution is 5.95. The lowest BCUT2D eigenvalue weighted by atomic mass is 9.93. The first-order valence-electron chi connectivity index (χ1n) is 9.71. The van der Waals surface area contributed by atoms with E-state index in [9.17, 15) is 9.59 Å². The fourth-order valence-electron chi connectivity index (χ4n) is 3.70. The number of unbranched alkanes of at least 4 members (excludes halogenated alkanes) is 2. The molecule has 0 aromatic rings. The second kappa shape index (κ2) is 10.3. The van der Waals surface area contributed by atoms with Crippen LogP contribution in [-0.2, 0) is 19.2 Å². The summed E-state index contributed by atoms with van der Waals surface area (Å²) in [5.74, 6) is 0.979. The maximum absolute atomic E-state index is 12.2. The van der Waals surface area contributed by atoms with Crippen LogP contribution in [0.3, 0.4) is 0 Å². The van der Waals surface area contributed by atoms with E-state index in [1.54, 1.807) is 0 Å². The molecule has 0 radical (unpaired) electrons. The number of fused-ring (bicyclic) bond motifs is 1. The van der Waals surface area contributed by atoms with Gasteiger partial charge in [0.2, 0.25) is 0 Å². The zero-order valence-electron chi connectivity index (χ0n) is 16.3. The number of rotatable bonds is 10. The van der Waals surface area contributed by atoms with E-state index in [4.69, 9.17) is 4.84 Å². The van der Waals surface area contributed by atoms with Crippen LogP contribution in [0.25, 0.3) is 0 Å². The number of ketones is 1. The Morgan fingerprint density at radius 2 is 2.08 bits per heavy atom. The van der Waals surface area contributed by atoms with Gasteiger partial charge in [0.15, 0.2) is 5.78 Å². The van der Waals surface area contributed by atoms with Crippen molar-refractivity contribution in [1.29, 1.82) is 0 Å². The second-order valence-corrected chi connectivity index (χ2v) is 7.24. The van der Waals surface area contributed by atoms with E-state index < -0.39 is 0 Å². The molecule has 0 N–H and O–H groups in total. The van der Waals surface area contributed by atoms with Crippen molar-refractivity contribution in [3.63, 3.8) is 0 Å². The van der Waals surface area contributed by atoms with Crippen LogP contribution in [0.5, 0.6) is 0 Å². The molecule has 0 aliphatic heterocycles. The van der Waals surface area contributed by atoms with E-state index in [1.807, 2.05) is 6.92 Å². The minimum atomic E-state index is -0.289. The number of esters is 1. The number of carbonyl (C=O) groups excluding carboxylic acids is 2. The van der Waals surface area contributed by atoms with Crippen LogP contribution in [-0.4, -0.2) is 31.2 Å². The van der Waals surface area contributed by atoms with E-state index in [0.717, 1.165) is 49.8 Å². The summed E-state index contributed by atoms with van der Waals surface area (Å²) in [5, 5.41) is 4.20. The molecule has 2 atom stereocenters. The Balaban J connectivity index is 1.84. The minimum absolute atomic E-state index is 0.216. The molecule has 0 amide bonds. The standard InChI is InChI=1S/C21H31NO4/c1-4-5-6-7-20(23)15(2)12-16-8-9-17-13-18(14-19(16)17)22-26-11-10-21(24)25-3/h8,12,17,19H,4-7,9-11,13-14H2,1-3H3/b15-12-,22-18-/t17-,19+/m1/s1. The van der Waals surface area contributed by atoms with Gasteiger partial charge in [0.25, 0.3) is 0 Å². The van der Waals surface area contributed by atoms with Crippen molar-refractivity contribution in [3.05, 3.63) is 23.3 Å². The first-order chi connectivity index (χ1) is 12.5. The molecule has 2 rings (SSSR count). The summed E-state index contributed by atoms with van der Waals surface area (Å²) < 4.78 is 4.58. The molecule has 0 aromatic heterocycles. The van der Waals surface area contributed by atoms with E-state index in [1.165, 1.54) is 12.7 Å². The third-order valence-corrected chi connectivity index (χ3v) is 5.26. The van der Waals surface area contributed by atoms with Gasteiger partial charge in [-0.15, -0.1) is 0 Å². The van der Waals surface area contributed by atoms with Crippen molar-refractivity contribution in [2.24, 2.45) is 17.0 Å². The summed E-state index contributed by atoms with van der Waals surface area (Å²) in [6.07, 6.45) is 11.3. The van der Waals surface area contributed by atoms with Crippen LogP contribution in [0.4, 0.5) is 0 Å². The summed E-state index contributed by atoms with van der Waals surface area (Å²) in [5.41, 5.74) is 3.19. The summed E-state index contributed by atoms with van der Waals surface area (Å²) >= 11 is 0. The van der Waals surface area contributed by atoms with Crippen molar-refractivity contribution < 1.29 is 19.2 Å². The van der Waals surface area contributed by atoms with Gasteiger partial charge in [-0.3, -0.25) is 9.59 Å². The Hall–Kier alpha value is -1.91. The number of allylic oxidation sites excluding steroid dienone is 4. The fourth-order valence-corrected chi connectivity index (χ4v) is 3.70. The lowest BCUT2D eigenvalue weighted by Crippen LogP contribution is -2.05. The second-order valence-electron chi connectivity index (χ2n) is 7.24. The zero-order valence-corrected chi connectivity index (χ0v) is 16.3. The first kappa shape index (κ1) is 20.4. The first-order valence-corrected chi connectivity index (χ1v) is 9.71. The van der Waals surface area contributed by atoms with Crippen LogP contribution >= 0.6 is 0 Å². The fraction of sp³-hybridized carbons (Fsp3) is 0.667. The summed E-state index contributed by atoms with van der Waals surface area (Å²) in [7, 11) is 1.37. The highest BCUT2D eigenvalue weighted by Crippen LogP contribution is 2.43. The van der Waals surface area contributed by atoms with E-state index in [-0.39, 0.29) is 24.8 Å². The number of hydrogen-bond acceptors (Lipinski definition) is 5. The molecule has 0 heterocycles. The molecule has 1 fully saturated rings.